The Bertz CT molecular complexity index is 1440. The van der Waals surface area contributed by atoms with E-state index in [9.17, 15) is 4.79 Å². The molecule has 1 N–H and O–H groups in total. The molecule has 0 aliphatic heterocycles. The zero-order chi connectivity index (χ0) is 22.6. The molecule has 8 heteroatoms. The number of rotatable bonds is 8. The number of aromatic nitrogens is 5. The maximum absolute atomic E-state index is 12.3. The van der Waals surface area contributed by atoms with Gasteiger partial charge in [0.25, 0.3) is 0 Å². The number of H-pyrrole nitrogens is 1. The normalized spacial score (nSPS) is 11.3. The first-order valence-corrected chi connectivity index (χ1v) is 12.1. The number of benzene rings is 3. The predicted octanol–water partition coefficient (Wildman–Crippen LogP) is 5.47. The van der Waals surface area contributed by atoms with Gasteiger partial charge in [0, 0.05) is 17.9 Å². The van der Waals surface area contributed by atoms with Gasteiger partial charge in [-0.25, -0.2) is 4.79 Å². The van der Waals surface area contributed by atoms with Gasteiger partial charge in [-0.05, 0) is 36.2 Å². The van der Waals surface area contributed by atoms with E-state index < -0.39 is 0 Å². The van der Waals surface area contributed by atoms with E-state index in [0.717, 1.165) is 45.3 Å². The summed E-state index contributed by atoms with van der Waals surface area (Å²) in [7, 11) is 0. The van der Waals surface area contributed by atoms with Gasteiger partial charge in [0.15, 0.2) is 11.0 Å². The van der Waals surface area contributed by atoms with Crippen LogP contribution in [0.4, 0.5) is 0 Å². The molecule has 0 saturated heterocycles. The SMILES string of the molecule is O=c1[nH]c2ccccc2n1CCCSc1nnc(-c2ccccc2Cl)n1Cc1ccccc1. The highest BCUT2D eigenvalue weighted by Crippen LogP contribution is 2.30. The van der Waals surface area contributed by atoms with Crippen molar-refractivity contribution in [1.29, 1.82) is 0 Å². The topological polar surface area (TPSA) is 68.5 Å². The molecule has 0 spiro atoms. The number of fused-ring (bicyclic) bond motifs is 1. The fourth-order valence-corrected chi connectivity index (χ4v) is 4.94. The fraction of sp³-hybridized carbons (Fsp3) is 0.160. The van der Waals surface area contributed by atoms with Crippen LogP contribution in [0, 0.1) is 0 Å². The van der Waals surface area contributed by atoms with Crippen LogP contribution in [-0.4, -0.2) is 30.1 Å². The largest absolute Gasteiger partial charge is 0.326 e. The lowest BCUT2D eigenvalue weighted by atomic mass is 10.2. The molecule has 0 fully saturated rings. The Hall–Kier alpha value is -3.29. The molecule has 0 saturated carbocycles. The summed E-state index contributed by atoms with van der Waals surface area (Å²) in [5, 5.41) is 10.4. The number of nitrogens with one attached hydrogen (secondary N) is 1. The van der Waals surface area contributed by atoms with Crippen LogP contribution in [0.3, 0.4) is 0 Å². The van der Waals surface area contributed by atoms with E-state index in [1.807, 2.05) is 66.7 Å². The molecule has 0 aliphatic carbocycles. The van der Waals surface area contributed by atoms with Crippen LogP contribution in [-0.2, 0) is 13.1 Å². The van der Waals surface area contributed by atoms with Crippen molar-refractivity contribution in [2.24, 2.45) is 0 Å². The third-order valence-electron chi connectivity index (χ3n) is 5.45. The molecule has 5 rings (SSSR count). The average Bonchev–Trinajstić information content (AvgIpc) is 3.37. The minimum absolute atomic E-state index is 0.0746. The Morgan fingerprint density at radius 2 is 1.64 bits per heavy atom. The smallest absolute Gasteiger partial charge is 0.306 e. The number of imidazole rings is 1. The van der Waals surface area contributed by atoms with Crippen LogP contribution >= 0.6 is 23.4 Å². The van der Waals surface area contributed by atoms with Crippen molar-refractivity contribution in [2.75, 3.05) is 5.75 Å². The Balaban J connectivity index is 1.36. The van der Waals surface area contributed by atoms with Crippen LogP contribution in [0.25, 0.3) is 22.4 Å². The minimum Gasteiger partial charge on any atom is -0.306 e. The average molecular weight is 476 g/mol. The second-order valence-electron chi connectivity index (χ2n) is 7.66. The van der Waals surface area contributed by atoms with Gasteiger partial charge in [0.05, 0.1) is 22.6 Å². The molecule has 2 aromatic heterocycles. The van der Waals surface area contributed by atoms with Gasteiger partial charge in [-0.3, -0.25) is 9.13 Å². The molecule has 0 bridgehead atoms. The zero-order valence-electron chi connectivity index (χ0n) is 17.8. The molecule has 6 nitrogen and oxygen atoms in total. The monoisotopic (exact) mass is 475 g/mol. The van der Waals surface area contributed by atoms with Crippen molar-refractivity contribution in [3.8, 4) is 11.4 Å². The molecule has 0 aliphatic rings. The van der Waals surface area contributed by atoms with E-state index in [4.69, 9.17) is 11.6 Å². The highest BCUT2D eigenvalue weighted by molar-refractivity contribution is 7.99. The van der Waals surface area contributed by atoms with Gasteiger partial charge in [-0.2, -0.15) is 0 Å². The first kappa shape index (κ1) is 21.6. The minimum atomic E-state index is -0.0746. The summed E-state index contributed by atoms with van der Waals surface area (Å²) in [6.07, 6.45) is 0.825. The van der Waals surface area contributed by atoms with Crippen molar-refractivity contribution >= 4 is 34.4 Å². The number of hydrogen-bond acceptors (Lipinski definition) is 4. The van der Waals surface area contributed by atoms with Crippen molar-refractivity contribution in [1.82, 2.24) is 24.3 Å². The number of aromatic amines is 1. The molecule has 0 radical (unpaired) electrons. The summed E-state index contributed by atoms with van der Waals surface area (Å²) in [6, 6.07) is 25.7. The highest BCUT2D eigenvalue weighted by atomic mass is 35.5. The van der Waals surface area contributed by atoms with Crippen molar-refractivity contribution in [2.45, 2.75) is 24.7 Å². The Morgan fingerprint density at radius 3 is 2.48 bits per heavy atom. The van der Waals surface area contributed by atoms with E-state index in [2.05, 4.69) is 31.9 Å². The lowest BCUT2D eigenvalue weighted by Crippen LogP contribution is -2.17. The van der Waals surface area contributed by atoms with Crippen LogP contribution in [0.1, 0.15) is 12.0 Å². The standard InChI is InChI=1S/C25H22ClN5OS/c26-20-12-5-4-11-19(20)23-28-29-25(31(23)17-18-9-2-1-3-10-18)33-16-8-15-30-22-14-7-6-13-21(22)27-24(30)32/h1-7,9-14H,8,15-17H2,(H,27,32). The second kappa shape index (κ2) is 9.68. The molecule has 2 heterocycles. The first-order chi connectivity index (χ1) is 16.2. The van der Waals surface area contributed by atoms with Crippen LogP contribution in [0.5, 0.6) is 0 Å². The van der Waals surface area contributed by atoms with E-state index in [0.29, 0.717) is 18.1 Å². The highest BCUT2D eigenvalue weighted by Gasteiger charge is 2.17. The Kier molecular flexibility index (Phi) is 6.32. The van der Waals surface area contributed by atoms with E-state index in [1.165, 1.54) is 0 Å². The molecule has 5 aromatic rings. The van der Waals surface area contributed by atoms with E-state index >= 15 is 0 Å². The Labute approximate surface area is 200 Å². The number of halogens is 1. The third-order valence-corrected chi connectivity index (χ3v) is 6.84. The van der Waals surface area contributed by atoms with Gasteiger partial charge >= 0.3 is 5.69 Å². The first-order valence-electron chi connectivity index (χ1n) is 10.7. The maximum atomic E-state index is 12.3. The number of para-hydroxylation sites is 2. The number of hydrogen-bond donors (Lipinski definition) is 1. The van der Waals surface area contributed by atoms with E-state index in [-0.39, 0.29) is 5.69 Å². The molecule has 3 aromatic carbocycles. The van der Waals surface area contributed by atoms with E-state index in [1.54, 1.807) is 16.3 Å². The van der Waals surface area contributed by atoms with Gasteiger partial charge in [0.2, 0.25) is 0 Å². The van der Waals surface area contributed by atoms with Crippen LogP contribution in [0.15, 0.2) is 88.8 Å². The summed E-state index contributed by atoms with van der Waals surface area (Å²) in [5.74, 6) is 1.56. The lowest BCUT2D eigenvalue weighted by molar-refractivity contribution is 0.675. The van der Waals surface area contributed by atoms with Crippen LogP contribution < -0.4 is 5.69 Å². The molecular weight excluding hydrogens is 454 g/mol. The molecular formula is C25H22ClN5OS. The van der Waals surface area contributed by atoms with Crippen LogP contribution in [0.2, 0.25) is 5.02 Å². The molecule has 33 heavy (non-hydrogen) atoms. The zero-order valence-corrected chi connectivity index (χ0v) is 19.4. The fourth-order valence-electron chi connectivity index (χ4n) is 3.86. The van der Waals surface area contributed by atoms with Crippen molar-refractivity contribution < 1.29 is 0 Å². The van der Waals surface area contributed by atoms with Gasteiger partial charge in [0.1, 0.15) is 0 Å². The number of aryl methyl sites for hydroxylation is 1. The quantitative estimate of drug-likeness (QED) is 0.238. The molecule has 0 amide bonds. The Morgan fingerprint density at radius 1 is 0.879 bits per heavy atom. The number of nitrogens with zero attached hydrogens (tertiary/aromatic N) is 4. The van der Waals surface area contributed by atoms with Gasteiger partial charge in [-0.1, -0.05) is 78.0 Å². The summed E-state index contributed by atoms with van der Waals surface area (Å²) >= 11 is 8.11. The predicted molar refractivity (Wildman–Crippen MR) is 134 cm³/mol. The third kappa shape index (κ3) is 4.60. The van der Waals surface area contributed by atoms with Crippen molar-refractivity contribution in [3.63, 3.8) is 0 Å². The molecule has 0 unspecified atom stereocenters. The van der Waals surface area contributed by atoms with Crippen molar-refractivity contribution in [3.05, 3.63) is 99.9 Å². The summed E-state index contributed by atoms with van der Waals surface area (Å²) in [5.41, 5.74) is 3.75. The summed E-state index contributed by atoms with van der Waals surface area (Å²) in [4.78, 5) is 15.2. The van der Waals surface area contributed by atoms with Gasteiger partial charge in [-0.15, -0.1) is 10.2 Å². The second-order valence-corrected chi connectivity index (χ2v) is 9.13. The summed E-state index contributed by atoms with van der Waals surface area (Å²) in [6.45, 7) is 1.29. The lowest BCUT2D eigenvalue weighted by Gasteiger charge is -2.11. The van der Waals surface area contributed by atoms with Gasteiger partial charge < -0.3 is 4.98 Å². The molecule has 166 valence electrons. The number of thioether (sulfide) groups is 1. The summed E-state index contributed by atoms with van der Waals surface area (Å²) < 4.78 is 3.90. The maximum Gasteiger partial charge on any atom is 0.326 e. The molecule has 0 atom stereocenters.